The quantitative estimate of drug-likeness (QED) is 0.810. The van der Waals surface area contributed by atoms with Gasteiger partial charge >= 0.3 is 6.09 Å². The molecule has 2 aliphatic rings. The average Bonchev–Trinajstić information content (AvgIpc) is 2.55. The number of carbonyl (C=O) groups is 1. The molecule has 0 aromatic heterocycles. The van der Waals surface area contributed by atoms with Gasteiger partial charge in [0, 0.05) is 6.54 Å². The Morgan fingerprint density at radius 1 is 1.24 bits per heavy atom. The fraction of sp³-hybridized carbons (Fsp3) is 0.611. The first kappa shape index (κ1) is 14.4. The molecule has 1 fully saturated rings. The smallest absolute Gasteiger partial charge is 0.410 e. The van der Waals surface area contributed by atoms with Gasteiger partial charge in [-0.3, -0.25) is 0 Å². The van der Waals surface area contributed by atoms with Crippen molar-refractivity contribution in [3.05, 3.63) is 35.4 Å². The molecule has 0 N–H and O–H groups in total. The van der Waals surface area contributed by atoms with Crippen LogP contribution in [0.25, 0.3) is 0 Å². The summed E-state index contributed by atoms with van der Waals surface area (Å²) in [7, 11) is 0. The van der Waals surface area contributed by atoms with E-state index in [9.17, 15) is 4.79 Å². The van der Waals surface area contributed by atoms with Gasteiger partial charge in [-0.15, -0.1) is 0 Å². The van der Waals surface area contributed by atoms with Gasteiger partial charge in [0.05, 0.1) is 12.6 Å². The Bertz CT molecular complexity index is 494. The summed E-state index contributed by atoms with van der Waals surface area (Å²) in [4.78, 5) is 14.4. The largest absolute Gasteiger partial charge is 0.450 e. The topological polar surface area (TPSA) is 29.5 Å². The summed E-state index contributed by atoms with van der Waals surface area (Å²) in [5.41, 5.74) is 2.76. The highest BCUT2D eigenvalue weighted by molar-refractivity contribution is 5.69. The van der Waals surface area contributed by atoms with Crippen LogP contribution in [-0.4, -0.2) is 24.1 Å². The van der Waals surface area contributed by atoms with Crippen LogP contribution in [0.2, 0.25) is 0 Å². The minimum Gasteiger partial charge on any atom is -0.450 e. The van der Waals surface area contributed by atoms with Crippen molar-refractivity contribution >= 4 is 6.09 Å². The SMILES string of the molecule is CCOC(=O)N1CCc2ccccc2C1C1CCCCC1. The number of fused-ring (bicyclic) bond motifs is 1. The number of amides is 1. The lowest BCUT2D eigenvalue weighted by atomic mass is 9.77. The van der Waals surface area contributed by atoms with Gasteiger partial charge in [-0.1, -0.05) is 43.5 Å². The summed E-state index contributed by atoms with van der Waals surface area (Å²) in [6.07, 6.45) is 7.19. The third kappa shape index (κ3) is 2.92. The zero-order valence-electron chi connectivity index (χ0n) is 12.9. The Morgan fingerprint density at radius 2 is 2.00 bits per heavy atom. The predicted molar refractivity (Wildman–Crippen MR) is 83.2 cm³/mol. The first-order chi connectivity index (χ1) is 10.3. The number of ether oxygens (including phenoxy) is 1. The Morgan fingerprint density at radius 3 is 2.76 bits per heavy atom. The van der Waals surface area contributed by atoms with Gasteiger partial charge in [0.15, 0.2) is 0 Å². The average molecular weight is 287 g/mol. The second-order valence-corrected chi connectivity index (χ2v) is 6.18. The second kappa shape index (κ2) is 6.50. The van der Waals surface area contributed by atoms with Gasteiger partial charge in [-0.25, -0.2) is 4.79 Å². The second-order valence-electron chi connectivity index (χ2n) is 6.18. The Labute approximate surface area is 127 Å². The molecule has 0 radical (unpaired) electrons. The number of carbonyl (C=O) groups excluding carboxylic acids is 1. The van der Waals surface area contributed by atoms with Crippen molar-refractivity contribution in [2.75, 3.05) is 13.2 Å². The van der Waals surface area contributed by atoms with Gasteiger partial charge in [-0.2, -0.15) is 0 Å². The fourth-order valence-electron chi connectivity index (χ4n) is 3.97. The van der Waals surface area contributed by atoms with E-state index in [1.807, 2.05) is 11.8 Å². The van der Waals surface area contributed by atoms with E-state index in [0.717, 1.165) is 13.0 Å². The van der Waals surface area contributed by atoms with E-state index >= 15 is 0 Å². The van der Waals surface area contributed by atoms with E-state index in [2.05, 4.69) is 24.3 Å². The molecule has 3 rings (SSSR count). The molecule has 3 nitrogen and oxygen atoms in total. The number of rotatable bonds is 2. The molecule has 1 unspecified atom stereocenters. The van der Waals surface area contributed by atoms with Crippen molar-refractivity contribution < 1.29 is 9.53 Å². The summed E-state index contributed by atoms with van der Waals surface area (Å²) in [6, 6.07) is 8.85. The molecule has 1 saturated carbocycles. The van der Waals surface area contributed by atoms with Gasteiger partial charge in [0.1, 0.15) is 0 Å². The number of nitrogens with zero attached hydrogens (tertiary/aromatic N) is 1. The van der Waals surface area contributed by atoms with Crippen LogP contribution in [0.4, 0.5) is 4.79 Å². The van der Waals surface area contributed by atoms with Crippen molar-refractivity contribution in [3.63, 3.8) is 0 Å². The summed E-state index contributed by atoms with van der Waals surface area (Å²) in [5, 5.41) is 0. The highest BCUT2D eigenvalue weighted by atomic mass is 16.6. The van der Waals surface area contributed by atoms with Gasteiger partial charge in [0.25, 0.3) is 0 Å². The minimum absolute atomic E-state index is 0.137. The van der Waals surface area contributed by atoms with Crippen LogP contribution >= 0.6 is 0 Å². The highest BCUT2D eigenvalue weighted by Gasteiger charge is 2.37. The minimum atomic E-state index is -0.137. The van der Waals surface area contributed by atoms with E-state index in [1.165, 1.54) is 43.2 Å². The monoisotopic (exact) mass is 287 g/mol. The number of benzene rings is 1. The van der Waals surface area contributed by atoms with Crippen molar-refractivity contribution in [1.29, 1.82) is 0 Å². The molecular weight excluding hydrogens is 262 g/mol. The van der Waals surface area contributed by atoms with Crippen LogP contribution in [-0.2, 0) is 11.2 Å². The molecule has 1 aliphatic carbocycles. The molecule has 1 amide bonds. The van der Waals surface area contributed by atoms with Crippen LogP contribution in [0.15, 0.2) is 24.3 Å². The zero-order valence-corrected chi connectivity index (χ0v) is 12.9. The van der Waals surface area contributed by atoms with Gasteiger partial charge in [0.2, 0.25) is 0 Å². The van der Waals surface area contributed by atoms with Crippen LogP contribution in [0, 0.1) is 5.92 Å². The maximum absolute atomic E-state index is 12.4. The zero-order chi connectivity index (χ0) is 14.7. The lowest BCUT2D eigenvalue weighted by molar-refractivity contribution is 0.0631. The van der Waals surface area contributed by atoms with Crippen molar-refractivity contribution in [2.24, 2.45) is 5.92 Å². The molecule has 0 saturated heterocycles. The van der Waals surface area contributed by atoms with Crippen LogP contribution in [0.1, 0.15) is 56.2 Å². The summed E-state index contributed by atoms with van der Waals surface area (Å²) in [5.74, 6) is 0.588. The van der Waals surface area contributed by atoms with Gasteiger partial charge < -0.3 is 9.64 Å². The molecule has 1 aromatic carbocycles. The van der Waals surface area contributed by atoms with E-state index in [1.54, 1.807) is 0 Å². The molecule has 21 heavy (non-hydrogen) atoms. The van der Waals surface area contributed by atoms with Crippen LogP contribution in [0.5, 0.6) is 0 Å². The molecule has 114 valence electrons. The van der Waals surface area contributed by atoms with E-state index in [-0.39, 0.29) is 12.1 Å². The molecule has 3 heteroatoms. The lowest BCUT2D eigenvalue weighted by Crippen LogP contribution is -2.44. The Kier molecular flexibility index (Phi) is 4.47. The summed E-state index contributed by atoms with van der Waals surface area (Å²) >= 11 is 0. The molecule has 1 heterocycles. The first-order valence-electron chi connectivity index (χ1n) is 8.32. The molecule has 0 bridgehead atoms. The van der Waals surface area contributed by atoms with Crippen molar-refractivity contribution in [2.45, 2.75) is 51.5 Å². The number of hydrogen-bond acceptors (Lipinski definition) is 2. The molecule has 1 aliphatic heterocycles. The Hall–Kier alpha value is -1.51. The third-order valence-electron chi connectivity index (χ3n) is 4.93. The fourth-order valence-corrected chi connectivity index (χ4v) is 3.97. The van der Waals surface area contributed by atoms with E-state index in [4.69, 9.17) is 4.74 Å². The normalized spacial score (nSPS) is 22.7. The first-order valence-corrected chi connectivity index (χ1v) is 8.32. The standard InChI is InChI=1S/C18H25NO2/c1-2-21-18(20)19-13-12-14-8-6-7-11-16(14)17(19)15-9-4-3-5-10-15/h6-8,11,15,17H,2-5,9-10,12-13H2,1H3. The van der Waals surface area contributed by atoms with E-state index < -0.39 is 0 Å². The summed E-state index contributed by atoms with van der Waals surface area (Å²) in [6.45, 7) is 3.12. The maximum Gasteiger partial charge on any atom is 0.410 e. The summed E-state index contributed by atoms with van der Waals surface area (Å²) < 4.78 is 5.30. The lowest BCUT2D eigenvalue weighted by Gasteiger charge is -2.42. The van der Waals surface area contributed by atoms with Crippen LogP contribution < -0.4 is 0 Å². The molecule has 1 atom stereocenters. The highest BCUT2D eigenvalue weighted by Crippen LogP contribution is 2.42. The van der Waals surface area contributed by atoms with E-state index in [0.29, 0.717) is 12.5 Å². The molecule has 0 spiro atoms. The predicted octanol–water partition coefficient (Wildman–Crippen LogP) is 4.32. The van der Waals surface area contributed by atoms with Crippen molar-refractivity contribution in [1.82, 2.24) is 4.90 Å². The van der Waals surface area contributed by atoms with Gasteiger partial charge in [-0.05, 0) is 43.2 Å². The number of hydrogen-bond donors (Lipinski definition) is 0. The Balaban J connectivity index is 1.92. The third-order valence-corrected chi connectivity index (χ3v) is 4.93. The van der Waals surface area contributed by atoms with Crippen molar-refractivity contribution in [3.8, 4) is 0 Å². The maximum atomic E-state index is 12.4. The molecular formula is C18H25NO2. The molecule has 1 aromatic rings. The van der Waals surface area contributed by atoms with Crippen LogP contribution in [0.3, 0.4) is 0 Å².